The van der Waals surface area contributed by atoms with Crippen LogP contribution in [0.4, 0.5) is 0 Å². The molecule has 1 aliphatic rings. The number of nitrogens with zero attached hydrogens (tertiary/aromatic N) is 1. The number of furan rings is 1. The van der Waals surface area contributed by atoms with Crippen LogP contribution in [0, 0.1) is 11.7 Å². The third kappa shape index (κ3) is 3.45. The number of hydrogen-bond acceptors (Lipinski definition) is 6. The number of carbonyl (C=O) groups excluding carboxylic acids is 1. The maximum absolute atomic E-state index is 12.8. The van der Waals surface area contributed by atoms with Crippen LogP contribution in [-0.2, 0) is 17.9 Å². The number of aromatic amines is 1. The van der Waals surface area contributed by atoms with E-state index in [9.17, 15) is 9.59 Å². The molecule has 0 radical (unpaired) electrons. The maximum atomic E-state index is 12.8. The summed E-state index contributed by atoms with van der Waals surface area (Å²) in [5.41, 5.74) is 0.296. The molecule has 0 atom stereocenters. The molecule has 0 aliphatic carbocycles. The molecule has 1 aromatic carbocycles. The molecule has 3 aromatic rings. The summed E-state index contributed by atoms with van der Waals surface area (Å²) in [4.78, 5) is 27.9. The highest BCUT2D eigenvalue weighted by atomic mass is 32.1. The zero-order valence-electron chi connectivity index (χ0n) is 14.5. The average molecular weight is 387 g/mol. The highest BCUT2D eigenvalue weighted by molar-refractivity contribution is 7.71. The Balaban J connectivity index is 1.50. The molecule has 4 rings (SSSR count). The Morgan fingerprint density at radius 2 is 2.07 bits per heavy atom. The van der Waals surface area contributed by atoms with Crippen molar-refractivity contribution in [2.75, 3.05) is 6.79 Å². The Morgan fingerprint density at radius 1 is 1.30 bits per heavy atom. The van der Waals surface area contributed by atoms with Gasteiger partial charge in [-0.05, 0) is 37.3 Å². The Kier molecular flexibility index (Phi) is 4.44. The molecule has 3 heterocycles. The summed E-state index contributed by atoms with van der Waals surface area (Å²) < 4.78 is 17.7. The van der Waals surface area contributed by atoms with Crippen molar-refractivity contribution in [3.05, 3.63) is 50.9 Å². The lowest BCUT2D eigenvalue weighted by Gasteiger charge is -2.09. The van der Waals surface area contributed by atoms with Crippen molar-refractivity contribution in [1.82, 2.24) is 14.9 Å². The summed E-state index contributed by atoms with van der Waals surface area (Å²) in [6, 6.07) is 6.96. The van der Waals surface area contributed by atoms with Gasteiger partial charge in [-0.25, -0.2) is 0 Å². The molecule has 0 fully saturated rings. The van der Waals surface area contributed by atoms with Crippen LogP contribution in [0.5, 0.6) is 11.5 Å². The van der Waals surface area contributed by atoms with Crippen molar-refractivity contribution in [3.8, 4) is 11.5 Å². The Bertz CT molecular complexity index is 1140. The minimum atomic E-state index is -0.276. The van der Waals surface area contributed by atoms with Gasteiger partial charge in [0, 0.05) is 19.0 Å². The molecule has 2 aromatic heterocycles. The highest BCUT2D eigenvalue weighted by Gasteiger charge is 2.17. The van der Waals surface area contributed by atoms with Crippen molar-refractivity contribution in [2.45, 2.75) is 26.4 Å². The average Bonchev–Trinajstić information content (AvgIpc) is 3.26. The SMILES string of the molecule is Cc1ccc(CNC(=O)CCn2c(=S)[nH]c3cc4c(cc3c2=O)OCO4)o1. The van der Waals surface area contributed by atoms with Gasteiger partial charge in [-0.1, -0.05) is 0 Å². The number of benzene rings is 1. The lowest BCUT2D eigenvalue weighted by Crippen LogP contribution is -2.28. The molecule has 0 bridgehead atoms. The van der Waals surface area contributed by atoms with Crippen LogP contribution in [0.15, 0.2) is 33.5 Å². The van der Waals surface area contributed by atoms with Gasteiger partial charge in [0.15, 0.2) is 16.3 Å². The number of fused-ring (bicyclic) bond motifs is 2. The van der Waals surface area contributed by atoms with E-state index in [2.05, 4.69) is 10.3 Å². The summed E-state index contributed by atoms with van der Waals surface area (Å²) in [5, 5.41) is 3.19. The molecule has 0 saturated carbocycles. The number of H-pyrrole nitrogens is 1. The first-order valence-corrected chi connectivity index (χ1v) is 8.80. The van der Waals surface area contributed by atoms with Crippen LogP contribution < -0.4 is 20.3 Å². The van der Waals surface area contributed by atoms with E-state index in [1.807, 2.05) is 19.1 Å². The van der Waals surface area contributed by atoms with E-state index in [4.69, 9.17) is 26.1 Å². The van der Waals surface area contributed by atoms with Gasteiger partial charge in [0.25, 0.3) is 5.56 Å². The number of carbonyl (C=O) groups is 1. The smallest absolute Gasteiger partial charge is 0.262 e. The summed E-state index contributed by atoms with van der Waals surface area (Å²) >= 11 is 5.28. The summed E-state index contributed by atoms with van der Waals surface area (Å²) in [7, 11) is 0. The van der Waals surface area contributed by atoms with Gasteiger partial charge >= 0.3 is 0 Å². The first-order chi connectivity index (χ1) is 13.0. The minimum absolute atomic E-state index is 0.118. The topological polar surface area (TPSA) is 98.5 Å². The second-order valence-corrected chi connectivity index (χ2v) is 6.56. The van der Waals surface area contributed by atoms with Crippen molar-refractivity contribution in [3.63, 3.8) is 0 Å². The fourth-order valence-electron chi connectivity index (χ4n) is 2.91. The third-order valence-corrected chi connectivity index (χ3v) is 4.62. The molecule has 1 aliphatic heterocycles. The van der Waals surface area contributed by atoms with E-state index in [-0.39, 0.29) is 36.0 Å². The van der Waals surface area contributed by atoms with Crippen molar-refractivity contribution in [1.29, 1.82) is 0 Å². The standard InChI is InChI=1S/C18H17N3O5S/c1-10-2-3-11(26-10)8-19-16(22)4-5-21-17(23)12-6-14-15(25-9-24-14)7-13(12)20-18(21)27/h2-3,6-7H,4-5,8-9H2,1H3,(H,19,22)(H,20,27). The van der Waals surface area contributed by atoms with E-state index >= 15 is 0 Å². The number of rotatable bonds is 5. The fraction of sp³-hybridized carbons (Fsp3) is 0.278. The van der Waals surface area contributed by atoms with E-state index in [0.29, 0.717) is 34.7 Å². The minimum Gasteiger partial charge on any atom is -0.465 e. The molecule has 0 spiro atoms. The summed E-state index contributed by atoms with van der Waals surface area (Å²) in [6.45, 7) is 2.43. The van der Waals surface area contributed by atoms with Gasteiger partial charge in [0.05, 0.1) is 17.4 Å². The van der Waals surface area contributed by atoms with Gasteiger partial charge in [-0.15, -0.1) is 0 Å². The number of aryl methyl sites for hydroxylation is 1. The van der Waals surface area contributed by atoms with E-state index < -0.39 is 0 Å². The van der Waals surface area contributed by atoms with Crippen molar-refractivity contribution in [2.24, 2.45) is 0 Å². The Morgan fingerprint density at radius 3 is 2.81 bits per heavy atom. The van der Waals surface area contributed by atoms with E-state index in [0.717, 1.165) is 5.76 Å². The number of nitrogens with one attached hydrogen (secondary N) is 2. The molecule has 1 amide bonds. The third-order valence-electron chi connectivity index (χ3n) is 4.29. The van der Waals surface area contributed by atoms with Gasteiger partial charge < -0.3 is 24.2 Å². The monoisotopic (exact) mass is 387 g/mol. The summed E-state index contributed by atoms with van der Waals surface area (Å²) in [5.74, 6) is 2.35. The first-order valence-electron chi connectivity index (χ1n) is 8.40. The lowest BCUT2D eigenvalue weighted by atomic mass is 10.2. The molecule has 9 heteroatoms. The molecular formula is C18H17N3O5S. The summed E-state index contributed by atoms with van der Waals surface area (Å²) in [6.07, 6.45) is 0.118. The van der Waals surface area contributed by atoms with E-state index in [1.54, 1.807) is 12.1 Å². The maximum Gasteiger partial charge on any atom is 0.262 e. The molecule has 0 saturated heterocycles. The second kappa shape index (κ2) is 6.92. The normalized spacial score (nSPS) is 12.5. The van der Waals surface area contributed by atoms with Crippen molar-refractivity contribution >= 4 is 29.0 Å². The molecular weight excluding hydrogens is 370 g/mol. The Hall–Kier alpha value is -3.07. The van der Waals surface area contributed by atoms with Crippen LogP contribution in [-0.4, -0.2) is 22.3 Å². The zero-order valence-corrected chi connectivity index (χ0v) is 15.4. The van der Waals surface area contributed by atoms with Crippen LogP contribution in [0.2, 0.25) is 0 Å². The predicted octanol–water partition coefficient (Wildman–Crippen LogP) is 2.40. The van der Waals surface area contributed by atoms with Crippen molar-refractivity contribution < 1.29 is 18.7 Å². The first kappa shape index (κ1) is 17.3. The molecule has 27 heavy (non-hydrogen) atoms. The number of amides is 1. The van der Waals surface area contributed by atoms with Crippen LogP contribution in [0.3, 0.4) is 0 Å². The predicted molar refractivity (Wildman–Crippen MR) is 99.4 cm³/mol. The van der Waals surface area contributed by atoms with Gasteiger partial charge in [-0.3, -0.25) is 14.2 Å². The quantitative estimate of drug-likeness (QED) is 0.653. The number of aromatic nitrogens is 2. The molecule has 8 nitrogen and oxygen atoms in total. The molecule has 140 valence electrons. The highest BCUT2D eigenvalue weighted by Crippen LogP contribution is 2.34. The molecule has 0 unspecified atom stereocenters. The van der Waals surface area contributed by atoms with Crippen LogP contribution in [0.25, 0.3) is 10.9 Å². The van der Waals surface area contributed by atoms with Crippen LogP contribution >= 0.6 is 12.2 Å². The van der Waals surface area contributed by atoms with Gasteiger partial charge in [0.2, 0.25) is 12.7 Å². The zero-order chi connectivity index (χ0) is 19.0. The fourth-order valence-corrected chi connectivity index (χ4v) is 3.20. The van der Waals surface area contributed by atoms with Gasteiger partial charge in [0.1, 0.15) is 11.5 Å². The molecule has 2 N–H and O–H groups in total. The van der Waals surface area contributed by atoms with Crippen LogP contribution in [0.1, 0.15) is 17.9 Å². The Labute approximate surface area is 158 Å². The number of hydrogen-bond donors (Lipinski definition) is 2. The second-order valence-electron chi connectivity index (χ2n) is 6.18. The van der Waals surface area contributed by atoms with E-state index in [1.165, 1.54) is 4.57 Å². The largest absolute Gasteiger partial charge is 0.465 e. The lowest BCUT2D eigenvalue weighted by molar-refractivity contribution is -0.121. The number of ether oxygens (including phenoxy) is 2. The van der Waals surface area contributed by atoms with Gasteiger partial charge in [-0.2, -0.15) is 0 Å².